The molecule has 2 N–H and O–H groups in total. The van der Waals surface area contributed by atoms with Crippen LogP contribution in [0.3, 0.4) is 0 Å². The van der Waals surface area contributed by atoms with Crippen LogP contribution in [0.25, 0.3) is 16.9 Å². The summed E-state index contributed by atoms with van der Waals surface area (Å²) in [7, 11) is 1.93. The van der Waals surface area contributed by atoms with Crippen molar-refractivity contribution in [2.75, 3.05) is 5.73 Å². The van der Waals surface area contributed by atoms with E-state index in [9.17, 15) is 0 Å². The number of nitrogen functional groups attached to an aromatic ring is 1. The molecular weight excluding hydrogens is 262 g/mol. The monoisotopic (exact) mass is 283 g/mol. The summed E-state index contributed by atoms with van der Waals surface area (Å²) in [5.74, 6) is 0.656. The molecule has 3 aromatic rings. The van der Waals surface area contributed by atoms with Gasteiger partial charge in [0.1, 0.15) is 17.2 Å². The second kappa shape index (κ2) is 4.35. The summed E-state index contributed by atoms with van der Waals surface area (Å²) in [6.45, 7) is 8.49. The maximum atomic E-state index is 6.31. The van der Waals surface area contributed by atoms with Crippen molar-refractivity contribution in [3.8, 4) is 11.3 Å². The normalized spacial score (nSPS) is 12.2. The van der Waals surface area contributed by atoms with Crippen LogP contribution < -0.4 is 5.73 Å². The van der Waals surface area contributed by atoms with Crippen LogP contribution in [0.2, 0.25) is 0 Å². The lowest BCUT2D eigenvalue weighted by Gasteiger charge is -2.16. The Hall–Kier alpha value is -2.30. The molecule has 0 saturated heterocycles. The van der Waals surface area contributed by atoms with Crippen LogP contribution in [0, 0.1) is 6.92 Å². The van der Waals surface area contributed by atoms with Crippen LogP contribution in [-0.2, 0) is 12.5 Å². The largest absolute Gasteiger partial charge is 0.383 e. The van der Waals surface area contributed by atoms with E-state index in [-0.39, 0.29) is 5.41 Å². The van der Waals surface area contributed by atoms with E-state index >= 15 is 0 Å². The van der Waals surface area contributed by atoms with Crippen LogP contribution in [0.1, 0.15) is 32.0 Å². The average molecular weight is 283 g/mol. The van der Waals surface area contributed by atoms with Gasteiger partial charge in [-0.05, 0) is 24.6 Å². The third-order valence-corrected chi connectivity index (χ3v) is 3.61. The van der Waals surface area contributed by atoms with Gasteiger partial charge in [0.25, 0.3) is 0 Å². The van der Waals surface area contributed by atoms with Gasteiger partial charge in [0.2, 0.25) is 0 Å². The van der Waals surface area contributed by atoms with Crippen molar-refractivity contribution in [1.29, 1.82) is 0 Å². The molecule has 0 saturated carbocycles. The summed E-state index contributed by atoms with van der Waals surface area (Å²) in [4.78, 5) is 4.72. The van der Waals surface area contributed by atoms with Gasteiger partial charge >= 0.3 is 0 Å². The van der Waals surface area contributed by atoms with Crippen molar-refractivity contribution in [2.45, 2.75) is 33.1 Å². The highest BCUT2D eigenvalue weighted by Gasteiger charge is 2.25. The first-order chi connectivity index (χ1) is 9.77. The minimum atomic E-state index is -0.0608. The van der Waals surface area contributed by atoms with Crippen LogP contribution >= 0.6 is 0 Å². The Balaban J connectivity index is 2.28. The molecule has 0 aliphatic rings. The van der Waals surface area contributed by atoms with E-state index in [0.29, 0.717) is 5.82 Å². The smallest absolute Gasteiger partial charge is 0.139 e. The van der Waals surface area contributed by atoms with Crippen molar-refractivity contribution in [3.63, 3.8) is 0 Å². The Morgan fingerprint density at radius 2 is 1.95 bits per heavy atom. The number of aryl methyl sites for hydroxylation is 2. The van der Waals surface area contributed by atoms with Gasteiger partial charge in [-0.25, -0.2) is 4.98 Å². The Bertz CT molecular complexity index is 817. The van der Waals surface area contributed by atoms with Gasteiger partial charge in [0.15, 0.2) is 0 Å². The molecule has 3 aromatic heterocycles. The molecule has 21 heavy (non-hydrogen) atoms. The molecule has 0 radical (unpaired) electrons. The fourth-order valence-corrected chi connectivity index (χ4v) is 2.58. The van der Waals surface area contributed by atoms with Crippen LogP contribution in [0.5, 0.6) is 0 Å². The fourth-order valence-electron chi connectivity index (χ4n) is 2.58. The van der Waals surface area contributed by atoms with E-state index in [1.165, 1.54) is 5.56 Å². The van der Waals surface area contributed by atoms with Gasteiger partial charge in [0.05, 0.1) is 5.69 Å². The maximum absolute atomic E-state index is 6.31. The zero-order chi connectivity index (χ0) is 15.4. The number of aromatic nitrogens is 4. The Morgan fingerprint density at radius 1 is 1.24 bits per heavy atom. The Morgan fingerprint density at radius 3 is 2.62 bits per heavy atom. The topological polar surface area (TPSA) is 61.1 Å². The molecule has 5 nitrogen and oxygen atoms in total. The average Bonchev–Trinajstić information content (AvgIpc) is 2.90. The summed E-state index contributed by atoms with van der Waals surface area (Å²) in [6.07, 6.45) is 3.95. The third kappa shape index (κ3) is 2.18. The molecular formula is C16H21N5. The van der Waals surface area contributed by atoms with Crippen LogP contribution in [-0.4, -0.2) is 19.2 Å². The number of pyridine rings is 1. The highest BCUT2D eigenvalue weighted by atomic mass is 15.3. The Labute approximate surface area is 124 Å². The molecule has 0 amide bonds. The predicted octanol–water partition coefficient (Wildman–Crippen LogP) is 2.92. The number of hydrogen-bond acceptors (Lipinski definition) is 3. The van der Waals surface area contributed by atoms with Gasteiger partial charge in [-0.2, -0.15) is 5.10 Å². The molecule has 0 aliphatic carbocycles. The first-order valence-electron chi connectivity index (χ1n) is 7.06. The third-order valence-electron chi connectivity index (χ3n) is 3.61. The Kier molecular flexibility index (Phi) is 2.83. The van der Waals surface area contributed by atoms with E-state index in [2.05, 4.69) is 32.8 Å². The maximum Gasteiger partial charge on any atom is 0.139 e. The van der Waals surface area contributed by atoms with Crippen molar-refractivity contribution in [3.05, 3.63) is 35.8 Å². The summed E-state index contributed by atoms with van der Waals surface area (Å²) in [5.41, 5.74) is 11.1. The molecule has 3 heterocycles. The lowest BCUT2D eigenvalue weighted by molar-refractivity contribution is 0.554. The molecule has 3 rings (SSSR count). The first-order valence-corrected chi connectivity index (χ1v) is 7.06. The predicted molar refractivity (Wildman–Crippen MR) is 85.2 cm³/mol. The second-order valence-electron chi connectivity index (χ2n) is 6.59. The van der Waals surface area contributed by atoms with Gasteiger partial charge in [-0.1, -0.05) is 20.8 Å². The summed E-state index contributed by atoms with van der Waals surface area (Å²) < 4.78 is 3.74. The van der Waals surface area contributed by atoms with Crippen molar-refractivity contribution in [1.82, 2.24) is 19.2 Å². The lowest BCUT2D eigenvalue weighted by atomic mass is 9.89. The molecule has 0 fully saturated rings. The molecule has 0 bridgehead atoms. The standard InChI is InChI=1S/C16H21N5/c1-10-6-7-21-12(8-10)18-13(15(21)17)11-9-20(5)19-14(11)16(2,3)4/h6-9H,17H2,1-5H3. The van der Waals surface area contributed by atoms with E-state index < -0.39 is 0 Å². The highest BCUT2D eigenvalue weighted by Crippen LogP contribution is 2.34. The zero-order valence-corrected chi connectivity index (χ0v) is 13.2. The number of nitrogens with two attached hydrogens (primary N) is 1. The lowest BCUT2D eigenvalue weighted by Crippen LogP contribution is -2.14. The number of nitrogens with zero attached hydrogens (tertiary/aromatic N) is 4. The van der Waals surface area contributed by atoms with Gasteiger partial charge in [0, 0.05) is 30.4 Å². The van der Waals surface area contributed by atoms with Crippen LogP contribution in [0.4, 0.5) is 5.82 Å². The molecule has 0 spiro atoms. The number of fused-ring (bicyclic) bond motifs is 1. The molecule has 110 valence electrons. The quantitative estimate of drug-likeness (QED) is 0.747. The minimum absolute atomic E-state index is 0.0608. The van der Waals surface area contributed by atoms with Crippen LogP contribution in [0.15, 0.2) is 24.5 Å². The number of anilines is 1. The first kappa shape index (κ1) is 13.7. The SMILES string of the molecule is Cc1ccn2c(N)c(-c3cn(C)nc3C(C)(C)C)nc2c1. The number of imidazole rings is 1. The summed E-state index contributed by atoms with van der Waals surface area (Å²) in [6, 6.07) is 4.07. The molecule has 0 aliphatic heterocycles. The fraction of sp³-hybridized carbons (Fsp3) is 0.375. The van der Waals surface area contributed by atoms with E-state index in [1.54, 1.807) is 0 Å². The summed E-state index contributed by atoms with van der Waals surface area (Å²) in [5, 5.41) is 4.60. The number of rotatable bonds is 1. The van der Waals surface area contributed by atoms with Gasteiger partial charge in [-0.3, -0.25) is 9.08 Å². The zero-order valence-electron chi connectivity index (χ0n) is 13.2. The highest BCUT2D eigenvalue weighted by molar-refractivity contribution is 5.76. The summed E-state index contributed by atoms with van der Waals surface area (Å²) >= 11 is 0. The second-order valence-corrected chi connectivity index (χ2v) is 6.59. The minimum Gasteiger partial charge on any atom is -0.383 e. The van der Waals surface area contributed by atoms with Crippen molar-refractivity contribution in [2.24, 2.45) is 7.05 Å². The molecule has 5 heteroatoms. The van der Waals surface area contributed by atoms with Crippen molar-refractivity contribution < 1.29 is 0 Å². The molecule has 0 aromatic carbocycles. The van der Waals surface area contributed by atoms with E-state index in [0.717, 1.165) is 22.6 Å². The van der Waals surface area contributed by atoms with Gasteiger partial charge < -0.3 is 5.73 Å². The van der Waals surface area contributed by atoms with Gasteiger partial charge in [-0.15, -0.1) is 0 Å². The number of hydrogen-bond donors (Lipinski definition) is 1. The molecule has 0 unspecified atom stereocenters. The van der Waals surface area contributed by atoms with E-state index in [4.69, 9.17) is 10.7 Å². The molecule has 0 atom stereocenters. The van der Waals surface area contributed by atoms with Crippen molar-refractivity contribution >= 4 is 11.5 Å². The van der Waals surface area contributed by atoms with E-state index in [1.807, 2.05) is 40.7 Å².